The Labute approximate surface area is 100 Å². The first-order valence-electron chi connectivity index (χ1n) is 5.38. The second kappa shape index (κ2) is 8.55. The monoisotopic (exact) mass is 246 g/mol. The smallest absolute Gasteiger partial charge is 0.320 e. The van der Waals surface area contributed by atoms with Crippen LogP contribution in [0.15, 0.2) is 0 Å². The van der Waals surface area contributed by atoms with E-state index >= 15 is 0 Å². The van der Waals surface area contributed by atoms with Gasteiger partial charge in [-0.2, -0.15) is 0 Å². The van der Waals surface area contributed by atoms with Gasteiger partial charge in [-0.15, -0.1) is 0 Å². The van der Waals surface area contributed by atoms with Crippen molar-refractivity contribution in [3.63, 3.8) is 0 Å². The number of ether oxygens (including phenoxy) is 3. The molecule has 0 radical (unpaired) electrons. The van der Waals surface area contributed by atoms with Crippen molar-refractivity contribution in [2.75, 3.05) is 20.8 Å². The number of esters is 3. The van der Waals surface area contributed by atoms with E-state index in [0.717, 1.165) is 13.5 Å². The molecule has 6 nitrogen and oxygen atoms in total. The Morgan fingerprint density at radius 3 is 2.18 bits per heavy atom. The van der Waals surface area contributed by atoms with Crippen LogP contribution in [-0.2, 0) is 28.6 Å². The molecule has 0 saturated carbocycles. The first kappa shape index (κ1) is 15.4. The summed E-state index contributed by atoms with van der Waals surface area (Å²) in [5.41, 5.74) is 0. The van der Waals surface area contributed by atoms with E-state index in [-0.39, 0.29) is 13.0 Å². The summed E-state index contributed by atoms with van der Waals surface area (Å²) in [7, 11) is 2.32. The van der Waals surface area contributed by atoms with Gasteiger partial charge in [0.1, 0.15) is 0 Å². The minimum absolute atomic E-state index is 0.226. The van der Waals surface area contributed by atoms with Crippen molar-refractivity contribution in [2.24, 2.45) is 5.92 Å². The highest BCUT2D eigenvalue weighted by molar-refractivity contribution is 5.98. The van der Waals surface area contributed by atoms with Crippen molar-refractivity contribution in [2.45, 2.75) is 26.2 Å². The summed E-state index contributed by atoms with van der Waals surface area (Å²) >= 11 is 0. The lowest BCUT2D eigenvalue weighted by Crippen LogP contribution is -2.30. The molecule has 0 spiro atoms. The van der Waals surface area contributed by atoms with Crippen molar-refractivity contribution in [3.8, 4) is 0 Å². The lowest BCUT2D eigenvalue weighted by Gasteiger charge is -2.12. The summed E-state index contributed by atoms with van der Waals surface area (Å²) in [5.74, 6) is -3.45. The van der Waals surface area contributed by atoms with E-state index < -0.39 is 23.8 Å². The Balaban J connectivity index is 4.40. The van der Waals surface area contributed by atoms with Gasteiger partial charge < -0.3 is 14.2 Å². The second-order valence-corrected chi connectivity index (χ2v) is 3.38. The van der Waals surface area contributed by atoms with E-state index in [9.17, 15) is 14.4 Å². The first-order chi connectivity index (χ1) is 8.06. The number of rotatable bonds is 7. The maximum absolute atomic E-state index is 11.5. The minimum Gasteiger partial charge on any atom is -0.469 e. The van der Waals surface area contributed by atoms with Crippen molar-refractivity contribution in [1.29, 1.82) is 0 Å². The minimum atomic E-state index is -1.25. The number of methoxy groups -OCH3 is 2. The number of carbonyl (C=O) groups excluding carboxylic acids is 3. The molecule has 0 rings (SSSR count). The number of hydrogen-bond donors (Lipinski definition) is 0. The summed E-state index contributed by atoms with van der Waals surface area (Å²) in [5, 5.41) is 0. The highest BCUT2D eigenvalue weighted by Gasteiger charge is 2.32. The zero-order valence-corrected chi connectivity index (χ0v) is 10.4. The van der Waals surface area contributed by atoms with E-state index in [2.05, 4.69) is 9.47 Å². The van der Waals surface area contributed by atoms with Crippen LogP contribution in [0.4, 0.5) is 0 Å². The van der Waals surface area contributed by atoms with E-state index in [1.54, 1.807) is 0 Å². The molecular formula is C11H18O6. The van der Waals surface area contributed by atoms with Crippen LogP contribution in [0, 0.1) is 5.92 Å². The SMILES string of the molecule is CCCCOC(=O)C(CC(=O)OC)C(=O)OC. The molecule has 0 aromatic rings. The summed E-state index contributed by atoms with van der Waals surface area (Å²) in [6.45, 7) is 2.17. The summed E-state index contributed by atoms with van der Waals surface area (Å²) in [6.07, 6.45) is 1.21. The maximum Gasteiger partial charge on any atom is 0.320 e. The fraction of sp³-hybridized carbons (Fsp3) is 0.727. The van der Waals surface area contributed by atoms with Crippen molar-refractivity contribution in [1.82, 2.24) is 0 Å². The van der Waals surface area contributed by atoms with Gasteiger partial charge in [0.05, 0.1) is 27.2 Å². The summed E-state index contributed by atoms with van der Waals surface area (Å²) in [6, 6.07) is 0. The molecule has 1 atom stereocenters. The molecule has 0 fully saturated rings. The van der Waals surface area contributed by atoms with Gasteiger partial charge in [-0.3, -0.25) is 14.4 Å². The fourth-order valence-electron chi connectivity index (χ4n) is 1.07. The maximum atomic E-state index is 11.5. The fourth-order valence-corrected chi connectivity index (χ4v) is 1.07. The Morgan fingerprint density at radius 2 is 1.71 bits per heavy atom. The highest BCUT2D eigenvalue weighted by Crippen LogP contribution is 2.10. The number of carbonyl (C=O) groups is 3. The Bertz CT molecular complexity index is 273. The second-order valence-electron chi connectivity index (χ2n) is 3.38. The van der Waals surface area contributed by atoms with Crippen LogP contribution in [-0.4, -0.2) is 38.7 Å². The predicted octanol–water partition coefficient (Wildman–Crippen LogP) is 0.682. The third kappa shape index (κ3) is 5.89. The topological polar surface area (TPSA) is 78.9 Å². The van der Waals surface area contributed by atoms with E-state index in [1.165, 1.54) is 7.11 Å². The van der Waals surface area contributed by atoms with Crippen LogP contribution in [0.1, 0.15) is 26.2 Å². The van der Waals surface area contributed by atoms with Crippen LogP contribution >= 0.6 is 0 Å². The molecule has 0 saturated heterocycles. The molecule has 0 aromatic heterocycles. The third-order valence-electron chi connectivity index (χ3n) is 2.11. The van der Waals surface area contributed by atoms with Gasteiger partial charge in [0.25, 0.3) is 0 Å². The predicted molar refractivity (Wildman–Crippen MR) is 58.0 cm³/mol. The molecule has 0 aliphatic heterocycles. The van der Waals surface area contributed by atoms with Crippen LogP contribution in [0.5, 0.6) is 0 Å². The quantitative estimate of drug-likeness (QED) is 0.284. The highest BCUT2D eigenvalue weighted by atomic mass is 16.6. The lowest BCUT2D eigenvalue weighted by molar-refractivity contribution is -0.164. The third-order valence-corrected chi connectivity index (χ3v) is 2.11. The van der Waals surface area contributed by atoms with E-state index in [1.807, 2.05) is 6.92 Å². The van der Waals surface area contributed by atoms with Crippen molar-refractivity contribution in [3.05, 3.63) is 0 Å². The number of unbranched alkanes of at least 4 members (excludes halogenated alkanes) is 1. The van der Waals surface area contributed by atoms with Gasteiger partial charge in [0.15, 0.2) is 5.92 Å². The standard InChI is InChI=1S/C11H18O6/c1-4-5-6-17-11(14)8(10(13)16-3)7-9(12)15-2/h8H,4-7H2,1-3H3. The Kier molecular flexibility index (Phi) is 7.75. The molecule has 0 aliphatic rings. The van der Waals surface area contributed by atoms with Gasteiger partial charge in [-0.25, -0.2) is 0 Å². The largest absolute Gasteiger partial charge is 0.469 e. The number of hydrogen-bond acceptors (Lipinski definition) is 6. The molecule has 6 heteroatoms. The van der Waals surface area contributed by atoms with Crippen LogP contribution in [0.2, 0.25) is 0 Å². The first-order valence-corrected chi connectivity index (χ1v) is 5.38. The molecular weight excluding hydrogens is 228 g/mol. The Morgan fingerprint density at radius 1 is 1.06 bits per heavy atom. The summed E-state index contributed by atoms with van der Waals surface area (Å²) < 4.78 is 13.7. The van der Waals surface area contributed by atoms with Crippen molar-refractivity contribution < 1.29 is 28.6 Å². The Hall–Kier alpha value is -1.59. The van der Waals surface area contributed by atoms with Gasteiger partial charge >= 0.3 is 17.9 Å². The van der Waals surface area contributed by atoms with Crippen LogP contribution in [0.3, 0.4) is 0 Å². The lowest BCUT2D eigenvalue weighted by atomic mass is 10.1. The zero-order chi connectivity index (χ0) is 13.3. The van der Waals surface area contributed by atoms with Gasteiger partial charge in [0, 0.05) is 0 Å². The average Bonchev–Trinajstić information content (AvgIpc) is 2.34. The van der Waals surface area contributed by atoms with Crippen molar-refractivity contribution >= 4 is 17.9 Å². The molecule has 1 unspecified atom stereocenters. The molecule has 0 aromatic carbocycles. The van der Waals surface area contributed by atoms with Gasteiger partial charge in [-0.1, -0.05) is 13.3 Å². The van der Waals surface area contributed by atoms with Crippen LogP contribution < -0.4 is 0 Å². The molecule has 17 heavy (non-hydrogen) atoms. The average molecular weight is 246 g/mol. The van der Waals surface area contributed by atoms with Gasteiger partial charge in [-0.05, 0) is 6.42 Å². The summed E-state index contributed by atoms with van der Waals surface area (Å²) in [4.78, 5) is 33.9. The van der Waals surface area contributed by atoms with Crippen LogP contribution in [0.25, 0.3) is 0 Å². The molecule has 0 bridgehead atoms. The van der Waals surface area contributed by atoms with Gasteiger partial charge in [0.2, 0.25) is 0 Å². The zero-order valence-electron chi connectivity index (χ0n) is 10.4. The normalized spacial score (nSPS) is 11.5. The molecule has 0 amide bonds. The molecule has 98 valence electrons. The van der Waals surface area contributed by atoms with E-state index in [0.29, 0.717) is 6.42 Å². The molecule has 0 N–H and O–H groups in total. The molecule has 0 aliphatic carbocycles. The van der Waals surface area contributed by atoms with E-state index in [4.69, 9.17) is 4.74 Å². The molecule has 0 heterocycles.